The molecule has 0 aromatic carbocycles. The molecule has 0 saturated heterocycles. The van der Waals surface area contributed by atoms with Gasteiger partial charge in [0.2, 0.25) is 0 Å². The van der Waals surface area contributed by atoms with Crippen molar-refractivity contribution in [1.82, 2.24) is 5.32 Å². The minimum atomic E-state index is 0.256. The van der Waals surface area contributed by atoms with Crippen molar-refractivity contribution >= 4 is 27.3 Å². The number of thiophene rings is 1. The third kappa shape index (κ3) is 4.23. The first-order chi connectivity index (χ1) is 7.17. The van der Waals surface area contributed by atoms with Gasteiger partial charge in [-0.2, -0.15) is 0 Å². The van der Waals surface area contributed by atoms with Crippen LogP contribution in [0.25, 0.3) is 0 Å². The summed E-state index contributed by atoms with van der Waals surface area (Å²) in [5.74, 6) is 0. The first kappa shape index (κ1) is 13.2. The van der Waals surface area contributed by atoms with Gasteiger partial charge in [0.1, 0.15) is 0 Å². The van der Waals surface area contributed by atoms with Crippen LogP contribution in [0.1, 0.15) is 37.6 Å². The molecule has 1 aromatic rings. The zero-order chi connectivity index (χ0) is 11.3. The Labute approximate surface area is 104 Å². The van der Waals surface area contributed by atoms with Crippen molar-refractivity contribution in [1.29, 1.82) is 0 Å². The second-order valence-electron chi connectivity index (χ2n) is 3.65. The second kappa shape index (κ2) is 6.63. The summed E-state index contributed by atoms with van der Waals surface area (Å²) in [6, 6.07) is 4.98. The molecule has 0 aliphatic rings. The smallest absolute Gasteiger partial charge is 0.0701 e. The maximum absolute atomic E-state index is 8.91. The number of hydrogen-bond acceptors (Lipinski definition) is 3. The Hall–Kier alpha value is 0.1000. The molecule has 0 radical (unpaired) electrons. The summed E-state index contributed by atoms with van der Waals surface area (Å²) in [6.45, 7) is 4.56. The van der Waals surface area contributed by atoms with Crippen molar-refractivity contribution in [3.05, 3.63) is 20.8 Å². The van der Waals surface area contributed by atoms with Crippen LogP contribution in [0.15, 0.2) is 15.9 Å². The van der Waals surface area contributed by atoms with Crippen molar-refractivity contribution in [3.8, 4) is 0 Å². The fourth-order valence-corrected chi connectivity index (χ4v) is 2.99. The number of aliphatic hydroxyl groups is 1. The van der Waals surface area contributed by atoms with Crippen molar-refractivity contribution in [3.63, 3.8) is 0 Å². The van der Waals surface area contributed by atoms with Crippen molar-refractivity contribution in [2.45, 2.75) is 38.8 Å². The van der Waals surface area contributed by atoms with Crippen LogP contribution in [0.4, 0.5) is 0 Å². The van der Waals surface area contributed by atoms with E-state index in [-0.39, 0.29) is 6.61 Å². The molecule has 1 rings (SSSR count). The molecule has 0 amide bonds. The molecule has 15 heavy (non-hydrogen) atoms. The predicted octanol–water partition coefficient (Wildman–Crippen LogP) is 3.32. The summed E-state index contributed by atoms with van der Waals surface area (Å²) in [7, 11) is 0. The van der Waals surface area contributed by atoms with Gasteiger partial charge in [-0.3, -0.25) is 0 Å². The van der Waals surface area contributed by atoms with E-state index in [1.807, 2.05) is 0 Å². The summed E-state index contributed by atoms with van der Waals surface area (Å²) in [4.78, 5) is 1.33. The number of rotatable bonds is 6. The number of hydrogen-bond donors (Lipinski definition) is 2. The van der Waals surface area contributed by atoms with Gasteiger partial charge < -0.3 is 10.4 Å². The molecule has 0 aliphatic heterocycles. The van der Waals surface area contributed by atoms with Gasteiger partial charge in [0.25, 0.3) is 0 Å². The molecule has 0 bridgehead atoms. The molecule has 0 fully saturated rings. The van der Waals surface area contributed by atoms with E-state index in [1.54, 1.807) is 11.3 Å². The lowest BCUT2D eigenvalue weighted by Crippen LogP contribution is -2.31. The number of nitrogens with one attached hydrogen (secondary N) is 1. The van der Waals surface area contributed by atoms with Gasteiger partial charge in [0.15, 0.2) is 0 Å². The van der Waals surface area contributed by atoms with Gasteiger partial charge in [0, 0.05) is 23.6 Å². The zero-order valence-electron chi connectivity index (χ0n) is 9.16. The van der Waals surface area contributed by atoms with Gasteiger partial charge in [0.05, 0.1) is 3.79 Å². The highest BCUT2D eigenvalue weighted by Crippen LogP contribution is 2.27. The normalized spacial score (nSPS) is 15.2. The van der Waals surface area contributed by atoms with E-state index in [1.165, 1.54) is 8.66 Å². The Bertz CT molecular complexity index is 290. The molecule has 0 spiro atoms. The van der Waals surface area contributed by atoms with Crippen LogP contribution in [0.3, 0.4) is 0 Å². The Kier molecular flexibility index (Phi) is 5.82. The highest BCUT2D eigenvalue weighted by Gasteiger charge is 2.12. The lowest BCUT2D eigenvalue weighted by Gasteiger charge is -2.20. The summed E-state index contributed by atoms with van der Waals surface area (Å²) in [5, 5.41) is 12.4. The van der Waals surface area contributed by atoms with Crippen LogP contribution in [0.5, 0.6) is 0 Å². The molecule has 2 nitrogen and oxygen atoms in total. The molecule has 0 saturated carbocycles. The third-order valence-corrected chi connectivity index (χ3v) is 4.28. The lowest BCUT2D eigenvalue weighted by atomic mass is 10.1. The number of aliphatic hydroxyl groups excluding tert-OH is 1. The Morgan fingerprint density at radius 3 is 2.73 bits per heavy atom. The maximum Gasteiger partial charge on any atom is 0.0701 e. The van der Waals surface area contributed by atoms with Gasteiger partial charge in [-0.05, 0) is 47.8 Å². The molecule has 2 N–H and O–H groups in total. The summed E-state index contributed by atoms with van der Waals surface area (Å²) >= 11 is 5.22. The molecule has 4 heteroatoms. The van der Waals surface area contributed by atoms with Crippen LogP contribution in [-0.2, 0) is 0 Å². The maximum atomic E-state index is 8.91. The standard InChI is InChI=1S/C11H18BrNOS/c1-3-9(6-7-14)13-8(2)10-4-5-11(12)15-10/h4-5,8-9,13-14H,3,6-7H2,1-2H3. The molecule has 1 heterocycles. The zero-order valence-corrected chi connectivity index (χ0v) is 11.6. The Balaban J connectivity index is 2.50. The second-order valence-corrected chi connectivity index (χ2v) is 6.14. The van der Waals surface area contributed by atoms with Crippen LogP contribution < -0.4 is 5.32 Å². The molecule has 1 aromatic heterocycles. The van der Waals surface area contributed by atoms with Crippen molar-refractivity contribution in [2.24, 2.45) is 0 Å². The van der Waals surface area contributed by atoms with Crippen molar-refractivity contribution in [2.75, 3.05) is 6.61 Å². The van der Waals surface area contributed by atoms with Gasteiger partial charge in [-0.15, -0.1) is 11.3 Å². The highest BCUT2D eigenvalue weighted by molar-refractivity contribution is 9.11. The first-order valence-electron chi connectivity index (χ1n) is 5.29. The van der Waals surface area contributed by atoms with Crippen LogP contribution in [0.2, 0.25) is 0 Å². The fourth-order valence-electron chi connectivity index (χ4n) is 1.56. The average molecular weight is 292 g/mol. The summed E-state index contributed by atoms with van der Waals surface area (Å²) < 4.78 is 1.17. The van der Waals surface area contributed by atoms with Crippen LogP contribution in [-0.4, -0.2) is 17.8 Å². The Morgan fingerprint density at radius 2 is 2.27 bits per heavy atom. The van der Waals surface area contributed by atoms with E-state index in [0.717, 1.165) is 12.8 Å². The molecule has 86 valence electrons. The van der Waals surface area contributed by atoms with Crippen LogP contribution >= 0.6 is 27.3 Å². The van der Waals surface area contributed by atoms with E-state index in [2.05, 4.69) is 47.2 Å². The minimum Gasteiger partial charge on any atom is -0.396 e. The highest BCUT2D eigenvalue weighted by atomic mass is 79.9. The summed E-state index contributed by atoms with van der Waals surface area (Å²) in [6.07, 6.45) is 1.88. The van der Waals surface area contributed by atoms with Gasteiger partial charge >= 0.3 is 0 Å². The first-order valence-corrected chi connectivity index (χ1v) is 6.90. The van der Waals surface area contributed by atoms with Crippen molar-refractivity contribution < 1.29 is 5.11 Å². The van der Waals surface area contributed by atoms with Gasteiger partial charge in [-0.25, -0.2) is 0 Å². The van der Waals surface area contributed by atoms with E-state index in [9.17, 15) is 0 Å². The van der Waals surface area contributed by atoms with E-state index in [4.69, 9.17) is 5.11 Å². The van der Waals surface area contributed by atoms with E-state index < -0.39 is 0 Å². The average Bonchev–Trinajstić information content (AvgIpc) is 2.64. The van der Waals surface area contributed by atoms with E-state index >= 15 is 0 Å². The molecular formula is C11H18BrNOS. The fraction of sp³-hybridized carbons (Fsp3) is 0.636. The lowest BCUT2D eigenvalue weighted by molar-refractivity contribution is 0.257. The molecule has 2 unspecified atom stereocenters. The molecule has 2 atom stereocenters. The molecule has 0 aliphatic carbocycles. The summed E-state index contributed by atoms with van der Waals surface area (Å²) in [5.41, 5.74) is 0. The quantitative estimate of drug-likeness (QED) is 0.843. The predicted molar refractivity (Wildman–Crippen MR) is 69.4 cm³/mol. The van der Waals surface area contributed by atoms with Gasteiger partial charge in [-0.1, -0.05) is 6.92 Å². The minimum absolute atomic E-state index is 0.256. The van der Waals surface area contributed by atoms with Crippen LogP contribution in [0, 0.1) is 0 Å². The number of halogens is 1. The third-order valence-electron chi connectivity index (χ3n) is 2.48. The topological polar surface area (TPSA) is 32.3 Å². The molecular weight excluding hydrogens is 274 g/mol. The van der Waals surface area contributed by atoms with E-state index in [0.29, 0.717) is 12.1 Å². The largest absolute Gasteiger partial charge is 0.396 e. The monoisotopic (exact) mass is 291 g/mol. The SMILES string of the molecule is CCC(CCO)NC(C)c1ccc(Br)s1. The Morgan fingerprint density at radius 1 is 1.53 bits per heavy atom.